The van der Waals surface area contributed by atoms with Gasteiger partial charge in [0.15, 0.2) is 6.10 Å². The van der Waals surface area contributed by atoms with Crippen molar-refractivity contribution in [3.63, 3.8) is 0 Å². The van der Waals surface area contributed by atoms with Gasteiger partial charge in [0.2, 0.25) is 0 Å². The van der Waals surface area contributed by atoms with Crippen molar-refractivity contribution in [1.82, 2.24) is 9.97 Å². The molecule has 0 saturated heterocycles. The summed E-state index contributed by atoms with van der Waals surface area (Å²) < 4.78 is 10.5. The molecule has 0 spiro atoms. The number of anilines is 1. The van der Waals surface area contributed by atoms with Crippen LogP contribution in [0.5, 0.6) is 5.75 Å². The average molecular weight is 414 g/mol. The fourth-order valence-corrected chi connectivity index (χ4v) is 2.82. The molecule has 0 saturated carbocycles. The molecule has 1 atom stereocenters. The predicted octanol–water partition coefficient (Wildman–Crippen LogP) is 4.09. The fraction of sp³-hybridized carbons (Fsp3) is 0.238. The molecule has 1 amide bonds. The number of nitrogens with zero attached hydrogens (tertiary/aromatic N) is 2. The van der Waals surface area contributed by atoms with Gasteiger partial charge in [-0.3, -0.25) is 4.79 Å². The van der Waals surface area contributed by atoms with Crippen LogP contribution in [-0.2, 0) is 9.53 Å². The molecule has 150 valence electrons. The fourth-order valence-electron chi connectivity index (χ4n) is 2.65. The van der Waals surface area contributed by atoms with Crippen molar-refractivity contribution in [2.45, 2.75) is 26.9 Å². The highest BCUT2D eigenvalue weighted by Crippen LogP contribution is 2.28. The number of halogens is 1. The Morgan fingerprint density at radius 3 is 2.41 bits per heavy atom. The van der Waals surface area contributed by atoms with Crippen LogP contribution < -0.4 is 10.1 Å². The largest absolute Gasteiger partial charge is 0.495 e. The van der Waals surface area contributed by atoms with E-state index in [0.29, 0.717) is 27.5 Å². The number of rotatable bonds is 5. The molecule has 2 aromatic carbocycles. The zero-order valence-corrected chi connectivity index (χ0v) is 17.2. The number of nitrogens with one attached hydrogen (secondary N) is 1. The Balaban J connectivity index is 1.73. The summed E-state index contributed by atoms with van der Waals surface area (Å²) in [4.78, 5) is 33.8. The van der Waals surface area contributed by atoms with E-state index in [1.807, 2.05) is 13.8 Å². The zero-order valence-electron chi connectivity index (χ0n) is 16.4. The topological polar surface area (TPSA) is 90.4 Å². The lowest BCUT2D eigenvalue weighted by Gasteiger charge is -2.15. The van der Waals surface area contributed by atoms with Gasteiger partial charge in [-0.25, -0.2) is 14.8 Å². The molecule has 3 rings (SSSR count). The summed E-state index contributed by atoms with van der Waals surface area (Å²) in [5.41, 5.74) is 3.56. The van der Waals surface area contributed by atoms with E-state index in [2.05, 4.69) is 15.3 Å². The molecule has 0 unspecified atom stereocenters. The number of fused-ring (bicyclic) bond motifs is 1. The quantitative estimate of drug-likeness (QED) is 0.633. The van der Waals surface area contributed by atoms with Gasteiger partial charge < -0.3 is 14.8 Å². The molecule has 1 heterocycles. The maximum Gasteiger partial charge on any atom is 0.338 e. The molecule has 0 aliphatic rings. The van der Waals surface area contributed by atoms with Crippen molar-refractivity contribution in [3.05, 3.63) is 58.4 Å². The summed E-state index contributed by atoms with van der Waals surface area (Å²) >= 11 is 5.97. The van der Waals surface area contributed by atoms with Gasteiger partial charge in [0.25, 0.3) is 5.91 Å². The van der Waals surface area contributed by atoms with E-state index < -0.39 is 18.0 Å². The van der Waals surface area contributed by atoms with Crippen LogP contribution in [0.25, 0.3) is 11.0 Å². The zero-order chi connectivity index (χ0) is 21.1. The minimum atomic E-state index is -1.03. The van der Waals surface area contributed by atoms with Gasteiger partial charge in [-0.05, 0) is 57.2 Å². The summed E-state index contributed by atoms with van der Waals surface area (Å²) in [7, 11) is 1.48. The van der Waals surface area contributed by atoms with Crippen molar-refractivity contribution in [1.29, 1.82) is 0 Å². The first-order valence-electron chi connectivity index (χ1n) is 8.89. The number of aromatic nitrogens is 2. The van der Waals surface area contributed by atoms with E-state index in [4.69, 9.17) is 21.1 Å². The molecular formula is C21H20ClN3O4. The number of aryl methyl sites for hydroxylation is 2. The van der Waals surface area contributed by atoms with Gasteiger partial charge in [0.1, 0.15) is 5.75 Å². The monoisotopic (exact) mass is 413 g/mol. The van der Waals surface area contributed by atoms with Crippen molar-refractivity contribution in [3.8, 4) is 5.75 Å². The number of esters is 1. The van der Waals surface area contributed by atoms with E-state index in [1.54, 1.807) is 36.4 Å². The number of carbonyl (C=O) groups is 2. The smallest absolute Gasteiger partial charge is 0.338 e. The van der Waals surface area contributed by atoms with Gasteiger partial charge in [0, 0.05) is 5.02 Å². The first-order chi connectivity index (χ1) is 13.8. The van der Waals surface area contributed by atoms with Gasteiger partial charge >= 0.3 is 5.97 Å². The lowest BCUT2D eigenvalue weighted by atomic mass is 10.2. The van der Waals surface area contributed by atoms with E-state index in [1.165, 1.54) is 14.0 Å². The van der Waals surface area contributed by atoms with Crippen LogP contribution in [0.4, 0.5) is 5.69 Å². The van der Waals surface area contributed by atoms with Gasteiger partial charge in [-0.2, -0.15) is 0 Å². The Kier molecular flexibility index (Phi) is 5.98. The molecule has 0 bridgehead atoms. The van der Waals surface area contributed by atoms with Gasteiger partial charge in [-0.15, -0.1) is 0 Å². The maximum absolute atomic E-state index is 12.5. The Bertz CT molecular complexity index is 1100. The predicted molar refractivity (Wildman–Crippen MR) is 111 cm³/mol. The molecule has 1 N–H and O–H groups in total. The van der Waals surface area contributed by atoms with Crippen LogP contribution in [-0.4, -0.2) is 35.1 Å². The molecule has 0 aliphatic heterocycles. The van der Waals surface area contributed by atoms with E-state index in [0.717, 1.165) is 11.4 Å². The van der Waals surface area contributed by atoms with E-state index >= 15 is 0 Å². The molecule has 0 aliphatic carbocycles. The van der Waals surface area contributed by atoms with Gasteiger partial charge in [0.05, 0.1) is 40.8 Å². The van der Waals surface area contributed by atoms with Crippen molar-refractivity contribution < 1.29 is 19.1 Å². The summed E-state index contributed by atoms with van der Waals surface area (Å²) in [6.45, 7) is 5.21. The summed E-state index contributed by atoms with van der Waals surface area (Å²) in [5.74, 6) is -0.696. The molecular weight excluding hydrogens is 394 g/mol. The standard InChI is InChI=1S/C21H20ClN3O4/c1-11-12(2)24-17-9-14(5-7-16(17)23-11)21(27)29-13(3)20(26)25-18-10-15(22)6-8-19(18)28-4/h5-10,13H,1-4H3,(H,25,26)/t13-/m0/s1. The molecule has 0 fully saturated rings. The van der Waals surface area contributed by atoms with Crippen LogP contribution >= 0.6 is 11.6 Å². The highest BCUT2D eigenvalue weighted by molar-refractivity contribution is 6.31. The number of hydrogen-bond acceptors (Lipinski definition) is 6. The molecule has 0 radical (unpaired) electrons. The minimum absolute atomic E-state index is 0.287. The third-order valence-electron chi connectivity index (χ3n) is 4.38. The molecule has 3 aromatic rings. The number of benzene rings is 2. The Hall–Kier alpha value is -3.19. The summed E-state index contributed by atoms with van der Waals surface area (Å²) in [6.07, 6.45) is -1.03. The number of hydrogen-bond donors (Lipinski definition) is 1. The third kappa shape index (κ3) is 4.63. The van der Waals surface area contributed by atoms with Gasteiger partial charge in [-0.1, -0.05) is 11.6 Å². The van der Waals surface area contributed by atoms with Crippen molar-refractivity contribution in [2.75, 3.05) is 12.4 Å². The molecule has 7 nitrogen and oxygen atoms in total. The lowest BCUT2D eigenvalue weighted by molar-refractivity contribution is -0.123. The minimum Gasteiger partial charge on any atom is -0.495 e. The third-order valence-corrected chi connectivity index (χ3v) is 4.62. The SMILES string of the molecule is COc1ccc(Cl)cc1NC(=O)[C@H](C)OC(=O)c1ccc2nc(C)c(C)nc2c1. The maximum atomic E-state index is 12.5. The van der Waals surface area contributed by atoms with Crippen molar-refractivity contribution >= 4 is 40.2 Å². The second kappa shape index (κ2) is 8.45. The summed E-state index contributed by atoms with van der Waals surface area (Å²) in [6, 6.07) is 9.73. The van der Waals surface area contributed by atoms with Crippen LogP contribution in [0.15, 0.2) is 36.4 Å². The van der Waals surface area contributed by atoms with Crippen LogP contribution in [0.1, 0.15) is 28.7 Å². The Morgan fingerprint density at radius 1 is 1.03 bits per heavy atom. The highest BCUT2D eigenvalue weighted by Gasteiger charge is 2.21. The number of carbonyl (C=O) groups excluding carboxylic acids is 2. The lowest BCUT2D eigenvalue weighted by Crippen LogP contribution is -2.30. The Labute approximate surface area is 173 Å². The number of amides is 1. The van der Waals surface area contributed by atoms with Crippen LogP contribution in [0.3, 0.4) is 0 Å². The van der Waals surface area contributed by atoms with Crippen LogP contribution in [0, 0.1) is 13.8 Å². The highest BCUT2D eigenvalue weighted by atomic mass is 35.5. The summed E-state index contributed by atoms with van der Waals surface area (Å²) in [5, 5.41) is 3.09. The normalized spacial score (nSPS) is 11.8. The number of ether oxygens (including phenoxy) is 2. The molecule has 8 heteroatoms. The van der Waals surface area contributed by atoms with Crippen molar-refractivity contribution in [2.24, 2.45) is 0 Å². The Morgan fingerprint density at radius 2 is 1.72 bits per heavy atom. The second-order valence-corrected chi connectivity index (χ2v) is 6.92. The van der Waals surface area contributed by atoms with Crippen LogP contribution in [0.2, 0.25) is 5.02 Å². The molecule has 1 aromatic heterocycles. The van der Waals surface area contributed by atoms with E-state index in [-0.39, 0.29) is 5.56 Å². The average Bonchev–Trinajstić information content (AvgIpc) is 2.68. The van der Waals surface area contributed by atoms with E-state index in [9.17, 15) is 9.59 Å². The number of methoxy groups -OCH3 is 1. The second-order valence-electron chi connectivity index (χ2n) is 6.48. The first kappa shape index (κ1) is 20.5. The molecule has 29 heavy (non-hydrogen) atoms. The first-order valence-corrected chi connectivity index (χ1v) is 9.26.